The number of nitrogens with one attached hydrogen (secondary N) is 1. The number of amides is 1. The van der Waals surface area contributed by atoms with Gasteiger partial charge >= 0.3 is 0 Å². The van der Waals surface area contributed by atoms with Gasteiger partial charge in [0.15, 0.2) is 0 Å². The Hall–Kier alpha value is -1.58. The zero-order valence-electron chi connectivity index (χ0n) is 11.1. The minimum atomic E-state index is -0.463. The lowest BCUT2D eigenvalue weighted by Gasteiger charge is -2.23. The Morgan fingerprint density at radius 2 is 2.16 bits per heavy atom. The van der Waals surface area contributed by atoms with Crippen molar-refractivity contribution in [2.75, 3.05) is 5.73 Å². The van der Waals surface area contributed by atoms with Crippen molar-refractivity contribution in [1.82, 2.24) is 5.32 Å². The van der Waals surface area contributed by atoms with Crippen LogP contribution in [0.5, 0.6) is 0 Å². The van der Waals surface area contributed by atoms with Gasteiger partial charge in [0, 0.05) is 11.7 Å². The number of aryl methyl sites for hydroxylation is 1. The van der Waals surface area contributed by atoms with Crippen LogP contribution in [0.2, 0.25) is 0 Å². The molecule has 0 aliphatic heterocycles. The van der Waals surface area contributed by atoms with Gasteiger partial charge in [-0.15, -0.1) is 0 Å². The molecular weight excluding hydrogens is 243 g/mol. The maximum absolute atomic E-state index is 14.0. The normalized spacial score (nSPS) is 28.6. The molecule has 2 saturated carbocycles. The number of fused-ring (bicyclic) bond motifs is 2. The van der Waals surface area contributed by atoms with Crippen LogP contribution < -0.4 is 11.1 Å². The van der Waals surface area contributed by atoms with Crippen molar-refractivity contribution in [3.63, 3.8) is 0 Å². The molecule has 0 heterocycles. The topological polar surface area (TPSA) is 55.1 Å². The number of rotatable bonds is 2. The van der Waals surface area contributed by atoms with Gasteiger partial charge in [-0.2, -0.15) is 0 Å². The molecule has 3 unspecified atom stereocenters. The molecule has 102 valence electrons. The van der Waals surface area contributed by atoms with Crippen molar-refractivity contribution in [2.24, 2.45) is 11.8 Å². The van der Waals surface area contributed by atoms with E-state index in [0.717, 1.165) is 12.3 Å². The largest absolute Gasteiger partial charge is 0.399 e. The van der Waals surface area contributed by atoms with Crippen molar-refractivity contribution in [2.45, 2.75) is 38.6 Å². The molecule has 0 radical (unpaired) electrons. The summed E-state index contributed by atoms with van der Waals surface area (Å²) in [6.07, 6.45) is 4.72. The van der Waals surface area contributed by atoms with Gasteiger partial charge < -0.3 is 11.1 Å². The molecule has 4 heteroatoms. The number of halogens is 1. The predicted octanol–water partition coefficient (Wildman–Crippen LogP) is 2.63. The van der Waals surface area contributed by atoms with E-state index in [2.05, 4.69) is 5.32 Å². The third kappa shape index (κ3) is 2.20. The first-order valence-electron chi connectivity index (χ1n) is 6.91. The molecule has 3 N–H and O–H groups in total. The standard InChI is InChI=1S/C15H19FN2O/c1-8-4-11(17)7-12(14(8)16)15(19)18-13-6-9-2-3-10(13)5-9/h4,7,9-10,13H,2-3,5-6,17H2,1H3,(H,18,19). The second kappa shape index (κ2) is 4.51. The second-order valence-corrected chi connectivity index (χ2v) is 5.95. The van der Waals surface area contributed by atoms with Crippen molar-refractivity contribution < 1.29 is 9.18 Å². The Morgan fingerprint density at radius 1 is 1.37 bits per heavy atom. The Kier molecular flexibility index (Phi) is 2.96. The van der Waals surface area contributed by atoms with Crippen LogP contribution in [0.4, 0.5) is 10.1 Å². The molecule has 19 heavy (non-hydrogen) atoms. The van der Waals surface area contributed by atoms with Crippen LogP contribution in [0.25, 0.3) is 0 Å². The van der Waals surface area contributed by atoms with Gasteiger partial charge in [-0.25, -0.2) is 4.39 Å². The zero-order valence-corrected chi connectivity index (χ0v) is 11.1. The number of benzene rings is 1. The maximum atomic E-state index is 14.0. The van der Waals surface area contributed by atoms with Crippen LogP contribution in [0, 0.1) is 24.6 Å². The SMILES string of the molecule is Cc1cc(N)cc(C(=O)NC2CC3CCC2C3)c1F. The summed E-state index contributed by atoms with van der Waals surface area (Å²) in [6, 6.07) is 3.18. The van der Waals surface area contributed by atoms with Crippen LogP contribution in [0.15, 0.2) is 12.1 Å². The van der Waals surface area contributed by atoms with Crippen LogP contribution in [0.3, 0.4) is 0 Å². The Balaban J connectivity index is 1.77. The predicted molar refractivity (Wildman–Crippen MR) is 72.3 cm³/mol. The van der Waals surface area contributed by atoms with E-state index in [1.54, 1.807) is 13.0 Å². The number of nitrogen functional groups attached to an aromatic ring is 1. The highest BCUT2D eigenvalue weighted by atomic mass is 19.1. The number of carbonyl (C=O) groups is 1. The first-order valence-corrected chi connectivity index (χ1v) is 6.91. The number of hydrogen-bond donors (Lipinski definition) is 2. The van der Waals surface area contributed by atoms with E-state index >= 15 is 0 Å². The lowest BCUT2D eigenvalue weighted by atomic mass is 9.95. The monoisotopic (exact) mass is 262 g/mol. The fourth-order valence-electron chi connectivity index (χ4n) is 3.63. The van der Waals surface area contributed by atoms with E-state index < -0.39 is 5.82 Å². The molecule has 0 aromatic heterocycles. The van der Waals surface area contributed by atoms with E-state index in [-0.39, 0.29) is 17.5 Å². The maximum Gasteiger partial charge on any atom is 0.254 e. The first-order chi connectivity index (χ1) is 9.04. The molecule has 2 aliphatic carbocycles. The van der Waals surface area contributed by atoms with Gasteiger partial charge in [0.2, 0.25) is 0 Å². The van der Waals surface area contributed by atoms with Gasteiger partial charge in [-0.05, 0) is 55.7 Å². The average molecular weight is 262 g/mol. The second-order valence-electron chi connectivity index (χ2n) is 5.95. The minimum absolute atomic E-state index is 0.0697. The molecule has 0 spiro atoms. The Morgan fingerprint density at radius 3 is 2.79 bits per heavy atom. The van der Waals surface area contributed by atoms with Crippen molar-refractivity contribution >= 4 is 11.6 Å². The number of carbonyl (C=O) groups excluding carboxylic acids is 1. The van der Waals surface area contributed by atoms with Gasteiger partial charge in [-0.3, -0.25) is 4.79 Å². The molecule has 0 saturated heterocycles. The lowest BCUT2D eigenvalue weighted by Crippen LogP contribution is -2.38. The number of nitrogens with two attached hydrogens (primary N) is 1. The Bertz CT molecular complexity index is 529. The van der Waals surface area contributed by atoms with E-state index in [9.17, 15) is 9.18 Å². The smallest absolute Gasteiger partial charge is 0.254 e. The molecule has 1 aromatic carbocycles. The summed E-state index contributed by atoms with van der Waals surface area (Å²) >= 11 is 0. The molecule has 3 atom stereocenters. The fourth-order valence-corrected chi connectivity index (χ4v) is 3.63. The van der Waals surface area contributed by atoms with E-state index in [1.807, 2.05) is 0 Å². The highest BCUT2D eigenvalue weighted by Crippen LogP contribution is 2.44. The van der Waals surface area contributed by atoms with E-state index in [0.29, 0.717) is 17.2 Å². The third-order valence-corrected chi connectivity index (χ3v) is 4.58. The van der Waals surface area contributed by atoms with Crippen LogP contribution >= 0.6 is 0 Å². The average Bonchev–Trinajstić information content (AvgIpc) is 2.95. The molecule has 2 fully saturated rings. The van der Waals surface area contributed by atoms with E-state index in [1.165, 1.54) is 25.3 Å². The highest BCUT2D eigenvalue weighted by Gasteiger charge is 2.40. The fraction of sp³-hybridized carbons (Fsp3) is 0.533. The minimum Gasteiger partial charge on any atom is -0.399 e. The van der Waals surface area contributed by atoms with Gasteiger partial charge in [0.25, 0.3) is 5.91 Å². The number of hydrogen-bond acceptors (Lipinski definition) is 2. The van der Waals surface area contributed by atoms with E-state index in [4.69, 9.17) is 5.73 Å². The summed E-state index contributed by atoms with van der Waals surface area (Å²) in [5, 5.41) is 2.99. The number of anilines is 1. The lowest BCUT2D eigenvalue weighted by molar-refractivity contribution is 0.0918. The first kappa shape index (κ1) is 12.5. The van der Waals surface area contributed by atoms with Gasteiger partial charge in [0.1, 0.15) is 5.82 Å². The molecule has 3 nitrogen and oxygen atoms in total. The summed E-state index contributed by atoms with van der Waals surface area (Å²) < 4.78 is 14.0. The van der Waals surface area contributed by atoms with Gasteiger partial charge in [-0.1, -0.05) is 6.42 Å². The Labute approximate surface area is 112 Å². The van der Waals surface area contributed by atoms with Crippen molar-refractivity contribution in [3.05, 3.63) is 29.1 Å². The summed E-state index contributed by atoms with van der Waals surface area (Å²) in [7, 11) is 0. The summed E-state index contributed by atoms with van der Waals surface area (Å²) in [6.45, 7) is 1.63. The molecule has 1 aromatic rings. The van der Waals surface area contributed by atoms with Crippen molar-refractivity contribution in [3.8, 4) is 0 Å². The molecular formula is C15H19FN2O. The third-order valence-electron chi connectivity index (χ3n) is 4.58. The van der Waals surface area contributed by atoms with Crippen molar-refractivity contribution in [1.29, 1.82) is 0 Å². The van der Waals surface area contributed by atoms with Crippen LogP contribution in [-0.4, -0.2) is 11.9 Å². The van der Waals surface area contributed by atoms with Crippen LogP contribution in [0.1, 0.15) is 41.6 Å². The summed E-state index contributed by atoms with van der Waals surface area (Å²) in [5.41, 5.74) is 6.60. The molecule has 2 bridgehead atoms. The quantitative estimate of drug-likeness (QED) is 0.805. The summed E-state index contributed by atoms with van der Waals surface area (Å²) in [4.78, 5) is 12.2. The highest BCUT2D eigenvalue weighted by molar-refractivity contribution is 5.95. The van der Waals surface area contributed by atoms with Crippen LogP contribution in [-0.2, 0) is 0 Å². The molecule has 2 aliphatic rings. The molecule has 3 rings (SSSR count). The van der Waals surface area contributed by atoms with Gasteiger partial charge in [0.05, 0.1) is 5.56 Å². The summed E-state index contributed by atoms with van der Waals surface area (Å²) in [5.74, 6) is 0.544. The zero-order chi connectivity index (χ0) is 13.6. The molecule has 1 amide bonds.